The minimum absolute atomic E-state index is 0.0112. The van der Waals surface area contributed by atoms with Crippen molar-refractivity contribution in [3.05, 3.63) is 108 Å². The van der Waals surface area contributed by atoms with Crippen molar-refractivity contribution < 1.29 is 4.79 Å². The van der Waals surface area contributed by atoms with E-state index < -0.39 is 0 Å². The maximum Gasteiger partial charge on any atom is 0.195 e. The van der Waals surface area contributed by atoms with Gasteiger partial charge in [-0.05, 0) is 24.1 Å². The smallest absolute Gasteiger partial charge is 0.195 e. The second-order valence-corrected chi connectivity index (χ2v) is 5.73. The molecule has 0 radical (unpaired) electrons. The Balaban J connectivity index is 1.83. The molecule has 0 N–H and O–H groups in total. The van der Waals surface area contributed by atoms with Crippen LogP contribution in [0.4, 0.5) is 0 Å². The maximum atomic E-state index is 12.9. The Labute approximate surface area is 146 Å². The van der Waals surface area contributed by atoms with Crippen LogP contribution in [0, 0.1) is 12.0 Å². The number of para-hydroxylation sites is 1. The first-order chi connectivity index (χ1) is 12.3. The lowest BCUT2D eigenvalue weighted by Crippen LogP contribution is -1.99. The zero-order valence-corrected chi connectivity index (χ0v) is 13.5. The van der Waals surface area contributed by atoms with Crippen LogP contribution in [0.3, 0.4) is 0 Å². The molecule has 0 aliphatic heterocycles. The Morgan fingerprint density at radius 2 is 1.40 bits per heavy atom. The molecular formula is C23H15NO. The Morgan fingerprint density at radius 3 is 2.16 bits per heavy atom. The van der Waals surface area contributed by atoms with Gasteiger partial charge in [0.15, 0.2) is 5.78 Å². The minimum Gasteiger partial charge on any atom is -0.289 e. The van der Waals surface area contributed by atoms with E-state index in [9.17, 15) is 4.79 Å². The minimum atomic E-state index is 0.0112. The van der Waals surface area contributed by atoms with E-state index in [1.807, 2.05) is 95.7 Å². The highest BCUT2D eigenvalue weighted by molar-refractivity contribution is 6.16. The SMILES string of the molecule is O=C(c1ccccc1)c1cn(C#Cc2ccccc2)c2ccccc12. The molecule has 0 amide bonds. The predicted octanol–water partition coefficient (Wildman–Crippen LogP) is 4.73. The lowest BCUT2D eigenvalue weighted by Gasteiger charge is -1.98. The number of carbonyl (C=O) groups is 1. The van der Waals surface area contributed by atoms with Crippen LogP contribution in [-0.4, -0.2) is 10.4 Å². The molecule has 0 fully saturated rings. The first-order valence-corrected chi connectivity index (χ1v) is 8.10. The normalized spacial score (nSPS) is 10.2. The summed E-state index contributed by atoms with van der Waals surface area (Å²) in [5.41, 5.74) is 3.23. The molecule has 0 spiro atoms. The second kappa shape index (κ2) is 6.51. The summed E-state index contributed by atoms with van der Waals surface area (Å²) in [6.45, 7) is 0. The van der Waals surface area contributed by atoms with E-state index in [1.54, 1.807) is 0 Å². The quantitative estimate of drug-likeness (QED) is 0.386. The fourth-order valence-electron chi connectivity index (χ4n) is 2.84. The van der Waals surface area contributed by atoms with Crippen molar-refractivity contribution in [3.8, 4) is 12.0 Å². The standard InChI is InChI=1S/C23H15NO/c25-23(19-11-5-2-6-12-19)21-17-24(22-14-8-7-13-20(21)22)16-15-18-9-3-1-4-10-18/h1-14,17H. The molecule has 0 unspecified atom stereocenters. The first-order valence-electron chi connectivity index (χ1n) is 8.10. The van der Waals surface area contributed by atoms with Crippen molar-refractivity contribution in [2.24, 2.45) is 0 Å². The third kappa shape index (κ3) is 2.96. The van der Waals surface area contributed by atoms with E-state index in [0.717, 1.165) is 16.5 Å². The van der Waals surface area contributed by atoms with Crippen LogP contribution in [0.2, 0.25) is 0 Å². The zero-order valence-electron chi connectivity index (χ0n) is 13.5. The predicted molar refractivity (Wildman–Crippen MR) is 101 cm³/mol. The number of rotatable bonds is 2. The third-order valence-corrected chi connectivity index (χ3v) is 4.09. The molecule has 4 aromatic rings. The van der Waals surface area contributed by atoms with E-state index in [4.69, 9.17) is 0 Å². The van der Waals surface area contributed by atoms with Crippen molar-refractivity contribution in [2.75, 3.05) is 0 Å². The molecule has 118 valence electrons. The van der Waals surface area contributed by atoms with Gasteiger partial charge in [0.2, 0.25) is 0 Å². The number of fused-ring (bicyclic) bond motifs is 1. The molecule has 25 heavy (non-hydrogen) atoms. The van der Waals surface area contributed by atoms with Crippen LogP contribution in [0.5, 0.6) is 0 Å². The molecule has 4 rings (SSSR count). The Hall–Kier alpha value is -3.57. The Morgan fingerprint density at radius 1 is 0.760 bits per heavy atom. The molecule has 2 heteroatoms. The second-order valence-electron chi connectivity index (χ2n) is 5.73. The Bertz CT molecular complexity index is 1100. The summed E-state index contributed by atoms with van der Waals surface area (Å²) in [4.78, 5) is 12.9. The number of hydrogen-bond donors (Lipinski definition) is 0. The summed E-state index contributed by atoms with van der Waals surface area (Å²) in [6, 6.07) is 30.2. The average molecular weight is 321 g/mol. The monoisotopic (exact) mass is 321 g/mol. The number of carbonyl (C=O) groups excluding carboxylic acids is 1. The molecule has 0 saturated carbocycles. The lowest BCUT2D eigenvalue weighted by atomic mass is 10.0. The summed E-state index contributed by atoms with van der Waals surface area (Å²) >= 11 is 0. The topological polar surface area (TPSA) is 22.0 Å². The molecule has 0 saturated heterocycles. The van der Waals surface area contributed by atoms with Crippen molar-refractivity contribution >= 4 is 16.7 Å². The summed E-state index contributed by atoms with van der Waals surface area (Å²) in [7, 11) is 0. The van der Waals surface area contributed by atoms with Crippen molar-refractivity contribution in [1.29, 1.82) is 0 Å². The maximum absolute atomic E-state index is 12.9. The van der Waals surface area contributed by atoms with Gasteiger partial charge in [0.05, 0.1) is 5.52 Å². The summed E-state index contributed by atoms with van der Waals surface area (Å²) < 4.78 is 1.83. The van der Waals surface area contributed by atoms with Gasteiger partial charge in [-0.3, -0.25) is 9.36 Å². The van der Waals surface area contributed by atoms with Gasteiger partial charge in [0, 0.05) is 34.3 Å². The number of benzene rings is 3. The van der Waals surface area contributed by atoms with Gasteiger partial charge in [-0.2, -0.15) is 0 Å². The molecule has 0 aliphatic carbocycles. The fraction of sp³-hybridized carbons (Fsp3) is 0. The van der Waals surface area contributed by atoms with Gasteiger partial charge in [0.1, 0.15) is 0 Å². The van der Waals surface area contributed by atoms with E-state index in [1.165, 1.54) is 0 Å². The molecule has 0 aliphatic rings. The van der Waals surface area contributed by atoms with E-state index in [-0.39, 0.29) is 5.78 Å². The molecule has 1 aromatic heterocycles. The highest BCUT2D eigenvalue weighted by Gasteiger charge is 2.15. The van der Waals surface area contributed by atoms with Gasteiger partial charge in [0.25, 0.3) is 0 Å². The summed E-state index contributed by atoms with van der Waals surface area (Å²) in [5, 5.41) is 0.915. The molecule has 3 aromatic carbocycles. The van der Waals surface area contributed by atoms with E-state index in [0.29, 0.717) is 11.1 Å². The van der Waals surface area contributed by atoms with Crippen molar-refractivity contribution in [3.63, 3.8) is 0 Å². The van der Waals surface area contributed by atoms with Gasteiger partial charge < -0.3 is 0 Å². The Kier molecular flexibility index (Phi) is 3.90. The molecule has 0 atom stereocenters. The molecule has 1 heterocycles. The fourth-order valence-corrected chi connectivity index (χ4v) is 2.84. The van der Waals surface area contributed by atoms with Gasteiger partial charge in [-0.25, -0.2) is 0 Å². The largest absolute Gasteiger partial charge is 0.289 e. The zero-order chi connectivity index (χ0) is 17.1. The summed E-state index contributed by atoms with van der Waals surface area (Å²) in [5.74, 6) is 3.16. The molecule has 0 bridgehead atoms. The van der Waals surface area contributed by atoms with Crippen LogP contribution < -0.4 is 0 Å². The number of aromatic nitrogens is 1. The van der Waals surface area contributed by atoms with Gasteiger partial charge >= 0.3 is 0 Å². The third-order valence-electron chi connectivity index (χ3n) is 4.09. The lowest BCUT2D eigenvalue weighted by molar-refractivity contribution is 0.104. The van der Waals surface area contributed by atoms with E-state index in [2.05, 4.69) is 12.0 Å². The highest BCUT2D eigenvalue weighted by atomic mass is 16.1. The van der Waals surface area contributed by atoms with Crippen LogP contribution in [0.1, 0.15) is 21.5 Å². The number of nitrogens with zero attached hydrogens (tertiary/aromatic N) is 1. The van der Waals surface area contributed by atoms with Crippen LogP contribution in [-0.2, 0) is 0 Å². The summed E-state index contributed by atoms with van der Waals surface area (Å²) in [6.07, 6.45) is 1.83. The van der Waals surface area contributed by atoms with Gasteiger partial charge in [-0.1, -0.05) is 66.7 Å². The number of ketones is 1. The van der Waals surface area contributed by atoms with Crippen molar-refractivity contribution in [2.45, 2.75) is 0 Å². The number of hydrogen-bond acceptors (Lipinski definition) is 1. The van der Waals surface area contributed by atoms with Crippen LogP contribution in [0.15, 0.2) is 91.1 Å². The molecular weight excluding hydrogens is 306 g/mol. The molecule has 2 nitrogen and oxygen atoms in total. The highest BCUT2D eigenvalue weighted by Crippen LogP contribution is 2.23. The van der Waals surface area contributed by atoms with Crippen LogP contribution in [0.25, 0.3) is 10.9 Å². The average Bonchev–Trinajstić information content (AvgIpc) is 3.06. The van der Waals surface area contributed by atoms with Crippen molar-refractivity contribution in [1.82, 2.24) is 4.57 Å². The van der Waals surface area contributed by atoms with E-state index >= 15 is 0 Å². The van der Waals surface area contributed by atoms with Crippen LogP contribution >= 0.6 is 0 Å². The first kappa shape index (κ1) is 15.0. The van der Waals surface area contributed by atoms with Gasteiger partial charge in [-0.15, -0.1) is 0 Å².